The molecule has 3 nitrogen and oxygen atoms in total. The third-order valence-electron chi connectivity index (χ3n) is 3.86. The minimum atomic E-state index is -1.18. The van der Waals surface area contributed by atoms with Crippen molar-refractivity contribution in [1.29, 1.82) is 0 Å². The summed E-state index contributed by atoms with van der Waals surface area (Å²) in [6.07, 6.45) is 1.22. The van der Waals surface area contributed by atoms with Crippen molar-refractivity contribution in [3.8, 4) is 0 Å². The maximum absolute atomic E-state index is 4.99. The maximum atomic E-state index is 4.99. The van der Waals surface area contributed by atoms with Crippen LogP contribution in [0.15, 0.2) is 0 Å². The van der Waals surface area contributed by atoms with Crippen LogP contribution in [0, 0.1) is 0 Å². The zero-order valence-corrected chi connectivity index (χ0v) is 22.5. The molecule has 0 aromatic rings. The number of hydrogen-bond donors (Lipinski definition) is 0. The van der Waals surface area contributed by atoms with Gasteiger partial charge in [0.25, 0.3) is 0 Å². The van der Waals surface area contributed by atoms with E-state index >= 15 is 0 Å². The van der Waals surface area contributed by atoms with Gasteiger partial charge in [0.15, 0.2) is 0 Å². The maximum Gasteiger partial charge on any atom is 3.00 e. The Morgan fingerprint density at radius 3 is 1.33 bits per heavy atom. The zero-order valence-electron chi connectivity index (χ0n) is 18.4. The van der Waals surface area contributed by atoms with Gasteiger partial charge in [-0.25, -0.2) is 0 Å². The summed E-state index contributed by atoms with van der Waals surface area (Å²) in [7, 11) is 0.863. The number of nitrogens with zero attached hydrogens (tertiary/aromatic N) is 3. The van der Waals surface area contributed by atoms with Crippen LogP contribution in [0.2, 0.25) is 57.4 Å². The average molecular weight is 435 g/mol. The van der Waals surface area contributed by atoms with Gasteiger partial charge in [0.05, 0.1) is 0 Å². The quantitative estimate of drug-likeness (QED) is 0.291. The van der Waals surface area contributed by atoms with Crippen molar-refractivity contribution < 1.29 is 16.8 Å². The Morgan fingerprint density at radius 1 is 0.750 bits per heavy atom. The molecule has 0 radical (unpaired) electrons. The normalized spacial score (nSPS) is 12.5. The van der Waals surface area contributed by atoms with E-state index in [0.29, 0.717) is 0 Å². The second kappa shape index (κ2) is 14.1. The smallest absolute Gasteiger partial charge is 0.668 e. The molecule has 148 valence electrons. The van der Waals surface area contributed by atoms with Gasteiger partial charge in [0.1, 0.15) is 0 Å². The van der Waals surface area contributed by atoms with Gasteiger partial charge in [-0.1, -0.05) is 109 Å². The predicted octanol–water partition coefficient (Wildman–Crippen LogP) is 6.34. The van der Waals surface area contributed by atoms with Crippen molar-refractivity contribution in [2.24, 2.45) is 0 Å². The van der Waals surface area contributed by atoms with Crippen molar-refractivity contribution >= 4 is 24.7 Å². The summed E-state index contributed by atoms with van der Waals surface area (Å²) in [6.45, 7) is 23.0. The van der Waals surface area contributed by atoms with Gasteiger partial charge in [-0.3, -0.25) is 0 Å². The van der Waals surface area contributed by atoms with Gasteiger partial charge in [-0.2, -0.15) is 0 Å². The van der Waals surface area contributed by atoms with Crippen LogP contribution in [0.25, 0.3) is 9.63 Å². The molecule has 0 atom stereocenters. The van der Waals surface area contributed by atoms with Crippen LogP contribution < -0.4 is 0 Å². The van der Waals surface area contributed by atoms with Gasteiger partial charge >= 0.3 is 16.8 Å². The molecule has 0 saturated carbocycles. The molecule has 0 aliphatic rings. The SMILES string of the molecule is CC[Si](CC)(CC)[N-]CCCN(C)C.C[Si](C)(C)[N-][Si](C)(C)C.[Co+3]. The van der Waals surface area contributed by atoms with Crippen LogP contribution in [0.5, 0.6) is 0 Å². The molecule has 7 heteroatoms. The van der Waals surface area contributed by atoms with Crippen molar-refractivity contribution in [3.05, 3.63) is 9.63 Å². The molecular formula is C17H45CoN3Si3+. The first-order valence-corrected chi connectivity index (χ1v) is 18.8. The Balaban J connectivity index is -0.000000385. The van der Waals surface area contributed by atoms with Crippen LogP contribution in [0.1, 0.15) is 27.2 Å². The molecule has 0 N–H and O–H groups in total. The Morgan fingerprint density at radius 2 is 1.12 bits per heavy atom. The monoisotopic (exact) mass is 434 g/mol. The average Bonchev–Trinajstić information content (AvgIpc) is 2.36. The van der Waals surface area contributed by atoms with E-state index in [4.69, 9.17) is 9.63 Å². The number of rotatable bonds is 10. The fourth-order valence-electron chi connectivity index (χ4n) is 2.79. The Labute approximate surface area is 167 Å². The van der Waals surface area contributed by atoms with Gasteiger partial charge < -0.3 is 14.5 Å². The van der Waals surface area contributed by atoms with Crippen LogP contribution >= 0.6 is 0 Å². The van der Waals surface area contributed by atoms with E-state index in [1.807, 2.05) is 0 Å². The molecule has 0 heterocycles. The van der Waals surface area contributed by atoms with Crippen LogP contribution in [-0.2, 0) is 16.8 Å². The molecule has 0 fully saturated rings. The third kappa shape index (κ3) is 19.4. The Hall–Kier alpha value is 1.04. The Kier molecular flexibility index (Phi) is 17.5. The van der Waals surface area contributed by atoms with E-state index in [9.17, 15) is 0 Å². The summed E-state index contributed by atoms with van der Waals surface area (Å²) in [5, 5.41) is 0. The minimum Gasteiger partial charge on any atom is -0.668 e. The summed E-state index contributed by atoms with van der Waals surface area (Å²) >= 11 is 0. The molecule has 24 heavy (non-hydrogen) atoms. The van der Waals surface area contributed by atoms with E-state index < -0.39 is 24.7 Å². The van der Waals surface area contributed by atoms with E-state index in [2.05, 4.69) is 79.0 Å². The number of hydrogen-bond acceptors (Lipinski definition) is 1. The molecular weight excluding hydrogens is 389 g/mol. The summed E-state index contributed by atoms with van der Waals surface area (Å²) in [5.74, 6) is 0. The van der Waals surface area contributed by atoms with Gasteiger partial charge in [-0.05, 0) is 20.6 Å². The first-order valence-electron chi connectivity index (χ1n) is 9.38. The van der Waals surface area contributed by atoms with Gasteiger partial charge in [-0.15, -0.1) is 6.54 Å². The van der Waals surface area contributed by atoms with Crippen molar-refractivity contribution in [2.75, 3.05) is 27.2 Å². The van der Waals surface area contributed by atoms with E-state index in [1.165, 1.54) is 31.1 Å². The molecule has 0 bridgehead atoms. The first-order chi connectivity index (χ1) is 10.3. The fraction of sp³-hybridized carbons (Fsp3) is 1.00. The zero-order chi connectivity index (χ0) is 18.7. The molecule has 0 aliphatic carbocycles. The second-order valence-electron chi connectivity index (χ2n) is 8.78. The predicted molar refractivity (Wildman–Crippen MR) is 119 cm³/mol. The largest absolute Gasteiger partial charge is 3.00 e. The van der Waals surface area contributed by atoms with Crippen molar-refractivity contribution in [2.45, 2.75) is 84.6 Å². The molecule has 0 saturated heterocycles. The summed E-state index contributed by atoms with van der Waals surface area (Å²) in [4.78, 5) is 7.23. The topological polar surface area (TPSA) is 31.4 Å². The molecule has 0 aromatic heterocycles. The van der Waals surface area contributed by atoms with Gasteiger partial charge in [0, 0.05) is 0 Å². The second-order valence-corrected chi connectivity index (χ2v) is 23.2. The molecule has 0 spiro atoms. The van der Waals surface area contributed by atoms with Crippen molar-refractivity contribution in [3.63, 3.8) is 0 Å². The van der Waals surface area contributed by atoms with E-state index in [1.54, 1.807) is 0 Å². The third-order valence-corrected chi connectivity index (χ3v) is 14.1. The molecule has 0 aliphatic heterocycles. The van der Waals surface area contributed by atoms with Gasteiger partial charge in [0.2, 0.25) is 0 Å². The first kappa shape index (κ1) is 29.8. The van der Waals surface area contributed by atoms with E-state index in [-0.39, 0.29) is 16.8 Å². The standard InChI is InChI=1S/C11H27N2Si.C6H18NSi2.Co/c1-6-14(7-2,8-3)12-10-9-11-13(4)5;1-8(2,3)7-9(4,5)6;/h6-11H2,1-5H3;1-6H3;/q2*-1;+3. The van der Waals surface area contributed by atoms with E-state index in [0.717, 1.165) is 6.54 Å². The summed E-state index contributed by atoms with van der Waals surface area (Å²) < 4.78 is 4.82. The molecule has 0 unspecified atom stereocenters. The Bertz CT molecular complexity index is 266. The summed E-state index contributed by atoms with van der Waals surface area (Å²) in [5.41, 5.74) is 0. The van der Waals surface area contributed by atoms with Crippen LogP contribution in [0.4, 0.5) is 0 Å². The van der Waals surface area contributed by atoms with Crippen LogP contribution in [-0.4, -0.2) is 56.8 Å². The minimum absolute atomic E-state index is 0. The fourth-order valence-corrected chi connectivity index (χ4v) is 13.6. The molecule has 0 aromatic carbocycles. The van der Waals surface area contributed by atoms with Crippen molar-refractivity contribution in [1.82, 2.24) is 4.90 Å². The van der Waals surface area contributed by atoms with Crippen LogP contribution in [0.3, 0.4) is 0 Å². The summed E-state index contributed by atoms with van der Waals surface area (Å²) in [6, 6.07) is 3.96. The molecule has 0 rings (SSSR count). The molecule has 0 amide bonds.